The van der Waals surface area contributed by atoms with Gasteiger partial charge in [-0.05, 0) is 29.8 Å². The number of allylic oxidation sites excluding steroid dienone is 1. The second-order valence-corrected chi connectivity index (χ2v) is 4.55. The van der Waals surface area contributed by atoms with Gasteiger partial charge in [-0.2, -0.15) is 0 Å². The predicted octanol–water partition coefficient (Wildman–Crippen LogP) is 4.89. The van der Waals surface area contributed by atoms with E-state index in [2.05, 4.69) is 0 Å². The van der Waals surface area contributed by atoms with E-state index >= 15 is 0 Å². The van der Waals surface area contributed by atoms with E-state index in [9.17, 15) is 4.79 Å². The monoisotopic (exact) mass is 276 g/mol. The molecule has 0 aliphatic heterocycles. The Balaban J connectivity index is 2.17. The van der Waals surface area contributed by atoms with E-state index in [1.807, 2.05) is 30.3 Å². The van der Waals surface area contributed by atoms with Gasteiger partial charge in [0, 0.05) is 5.56 Å². The van der Waals surface area contributed by atoms with Crippen LogP contribution in [-0.4, -0.2) is 5.78 Å². The summed E-state index contributed by atoms with van der Waals surface area (Å²) in [5.41, 5.74) is 1.50. The zero-order chi connectivity index (χ0) is 13.0. The summed E-state index contributed by atoms with van der Waals surface area (Å²) in [6.45, 7) is 0. The van der Waals surface area contributed by atoms with Gasteiger partial charge in [0.2, 0.25) is 0 Å². The molecule has 18 heavy (non-hydrogen) atoms. The van der Waals surface area contributed by atoms with Gasteiger partial charge in [-0.3, -0.25) is 4.79 Å². The third-order valence-electron chi connectivity index (χ3n) is 2.43. The summed E-state index contributed by atoms with van der Waals surface area (Å²) in [5.74, 6) is -0.0996. The molecule has 0 fully saturated rings. The summed E-state index contributed by atoms with van der Waals surface area (Å²) in [6.07, 6.45) is 3.29. The van der Waals surface area contributed by atoms with Crippen LogP contribution < -0.4 is 0 Å². The van der Waals surface area contributed by atoms with Crippen molar-refractivity contribution in [1.82, 2.24) is 0 Å². The van der Waals surface area contributed by atoms with Crippen LogP contribution in [0, 0.1) is 0 Å². The Morgan fingerprint density at radius 1 is 0.944 bits per heavy atom. The van der Waals surface area contributed by atoms with Gasteiger partial charge in [-0.1, -0.05) is 59.6 Å². The minimum Gasteiger partial charge on any atom is -0.289 e. The van der Waals surface area contributed by atoms with Crippen LogP contribution in [0.2, 0.25) is 10.0 Å². The first kappa shape index (κ1) is 12.9. The predicted molar refractivity (Wildman–Crippen MR) is 76.3 cm³/mol. The standard InChI is InChI=1S/C15H10Cl2O/c16-13-8-7-12(10-14(13)17)15(18)9-6-11-4-2-1-3-5-11/h1-10H/b9-6-. The molecule has 0 amide bonds. The minimum absolute atomic E-state index is 0.0996. The van der Waals surface area contributed by atoms with Gasteiger partial charge < -0.3 is 0 Å². The molecule has 0 saturated heterocycles. The maximum atomic E-state index is 11.9. The molecule has 2 aromatic rings. The molecule has 2 rings (SSSR count). The van der Waals surface area contributed by atoms with E-state index in [-0.39, 0.29) is 5.78 Å². The average Bonchev–Trinajstić information content (AvgIpc) is 2.40. The zero-order valence-electron chi connectivity index (χ0n) is 9.44. The zero-order valence-corrected chi connectivity index (χ0v) is 10.9. The minimum atomic E-state index is -0.0996. The fourth-order valence-corrected chi connectivity index (χ4v) is 1.78. The molecule has 0 N–H and O–H groups in total. The number of ketones is 1. The average molecular weight is 277 g/mol. The van der Waals surface area contributed by atoms with Gasteiger partial charge >= 0.3 is 0 Å². The van der Waals surface area contributed by atoms with E-state index in [4.69, 9.17) is 23.2 Å². The Morgan fingerprint density at radius 2 is 1.67 bits per heavy atom. The molecule has 2 aromatic carbocycles. The lowest BCUT2D eigenvalue weighted by atomic mass is 10.1. The highest BCUT2D eigenvalue weighted by Crippen LogP contribution is 2.23. The summed E-state index contributed by atoms with van der Waals surface area (Å²) in [5, 5.41) is 0.830. The molecule has 0 aliphatic carbocycles. The summed E-state index contributed by atoms with van der Waals surface area (Å²) in [6, 6.07) is 14.5. The van der Waals surface area contributed by atoms with Crippen molar-refractivity contribution in [3.8, 4) is 0 Å². The van der Waals surface area contributed by atoms with E-state index in [0.29, 0.717) is 15.6 Å². The fraction of sp³-hybridized carbons (Fsp3) is 0. The van der Waals surface area contributed by atoms with E-state index in [1.165, 1.54) is 6.08 Å². The SMILES string of the molecule is O=C(/C=C\c1ccccc1)c1ccc(Cl)c(Cl)c1. The number of halogens is 2. The smallest absolute Gasteiger partial charge is 0.185 e. The Labute approximate surface area is 116 Å². The van der Waals surface area contributed by atoms with Crippen molar-refractivity contribution in [2.45, 2.75) is 0 Å². The molecule has 0 radical (unpaired) electrons. The van der Waals surface area contributed by atoms with Crippen molar-refractivity contribution in [3.63, 3.8) is 0 Å². The highest BCUT2D eigenvalue weighted by atomic mass is 35.5. The largest absolute Gasteiger partial charge is 0.289 e. The Bertz CT molecular complexity index is 589. The van der Waals surface area contributed by atoms with Crippen LogP contribution in [0.15, 0.2) is 54.6 Å². The molecule has 90 valence electrons. The van der Waals surface area contributed by atoms with Gasteiger partial charge in [0.1, 0.15) is 0 Å². The van der Waals surface area contributed by atoms with Crippen molar-refractivity contribution in [2.75, 3.05) is 0 Å². The summed E-state index contributed by atoms with van der Waals surface area (Å²) < 4.78 is 0. The molecule has 0 spiro atoms. The number of rotatable bonds is 3. The number of hydrogen-bond acceptors (Lipinski definition) is 1. The van der Waals surface area contributed by atoms with Crippen molar-refractivity contribution in [1.29, 1.82) is 0 Å². The molecule has 0 bridgehead atoms. The molecule has 0 aliphatic rings. The van der Waals surface area contributed by atoms with Crippen LogP contribution in [0.3, 0.4) is 0 Å². The molecule has 0 atom stereocenters. The lowest BCUT2D eigenvalue weighted by molar-refractivity contribution is 0.104. The van der Waals surface area contributed by atoms with Crippen molar-refractivity contribution < 1.29 is 4.79 Å². The molecule has 0 heterocycles. The third-order valence-corrected chi connectivity index (χ3v) is 3.17. The molecule has 1 nitrogen and oxygen atoms in total. The molecular weight excluding hydrogens is 267 g/mol. The van der Waals surface area contributed by atoms with E-state index in [1.54, 1.807) is 24.3 Å². The highest BCUT2D eigenvalue weighted by molar-refractivity contribution is 6.42. The quantitative estimate of drug-likeness (QED) is 0.576. The molecular formula is C15H10Cl2O. The first-order valence-electron chi connectivity index (χ1n) is 5.39. The van der Waals surface area contributed by atoms with Crippen LogP contribution in [0.25, 0.3) is 6.08 Å². The van der Waals surface area contributed by atoms with Crippen LogP contribution >= 0.6 is 23.2 Å². The first-order chi connectivity index (χ1) is 8.66. The highest BCUT2D eigenvalue weighted by Gasteiger charge is 2.04. The summed E-state index contributed by atoms with van der Waals surface area (Å²) >= 11 is 11.7. The second kappa shape index (κ2) is 5.85. The number of benzene rings is 2. The number of hydrogen-bond donors (Lipinski definition) is 0. The first-order valence-corrected chi connectivity index (χ1v) is 6.15. The van der Waals surface area contributed by atoms with E-state index in [0.717, 1.165) is 5.56 Å². The van der Waals surface area contributed by atoms with E-state index < -0.39 is 0 Å². The van der Waals surface area contributed by atoms with Crippen LogP contribution in [0.5, 0.6) is 0 Å². The third kappa shape index (κ3) is 3.22. The lowest BCUT2D eigenvalue weighted by Gasteiger charge is -1.99. The molecule has 0 saturated carbocycles. The van der Waals surface area contributed by atoms with Crippen molar-refractivity contribution in [2.24, 2.45) is 0 Å². The van der Waals surface area contributed by atoms with Gasteiger partial charge in [-0.15, -0.1) is 0 Å². The molecule has 0 aromatic heterocycles. The summed E-state index contributed by atoms with van der Waals surface area (Å²) in [4.78, 5) is 11.9. The Morgan fingerprint density at radius 3 is 2.33 bits per heavy atom. The van der Waals surface area contributed by atoms with Gasteiger partial charge in [0.25, 0.3) is 0 Å². The topological polar surface area (TPSA) is 17.1 Å². The number of carbonyl (C=O) groups is 1. The fourth-order valence-electron chi connectivity index (χ4n) is 1.48. The Hall–Kier alpha value is -1.57. The molecule has 3 heteroatoms. The van der Waals surface area contributed by atoms with Gasteiger partial charge in [0.05, 0.1) is 10.0 Å². The van der Waals surface area contributed by atoms with Gasteiger partial charge in [-0.25, -0.2) is 0 Å². The maximum Gasteiger partial charge on any atom is 0.185 e. The van der Waals surface area contributed by atoms with Crippen LogP contribution in [0.1, 0.15) is 15.9 Å². The second-order valence-electron chi connectivity index (χ2n) is 3.74. The maximum absolute atomic E-state index is 11.9. The lowest BCUT2D eigenvalue weighted by Crippen LogP contribution is -1.93. The van der Waals surface area contributed by atoms with Crippen molar-refractivity contribution >= 4 is 35.1 Å². The molecule has 0 unspecified atom stereocenters. The summed E-state index contributed by atoms with van der Waals surface area (Å²) in [7, 11) is 0. The number of carbonyl (C=O) groups excluding carboxylic acids is 1. The van der Waals surface area contributed by atoms with Crippen LogP contribution in [0.4, 0.5) is 0 Å². The van der Waals surface area contributed by atoms with Crippen molar-refractivity contribution in [3.05, 3.63) is 75.8 Å². The van der Waals surface area contributed by atoms with Gasteiger partial charge in [0.15, 0.2) is 5.78 Å². The van der Waals surface area contributed by atoms with Crippen LogP contribution in [-0.2, 0) is 0 Å². The normalized spacial score (nSPS) is 10.8. The Kier molecular flexibility index (Phi) is 4.19.